The van der Waals surface area contributed by atoms with Crippen molar-refractivity contribution in [3.05, 3.63) is 101 Å². The summed E-state index contributed by atoms with van der Waals surface area (Å²) in [5, 5.41) is 9.90. The van der Waals surface area contributed by atoms with Crippen molar-refractivity contribution in [3.8, 4) is 11.8 Å². The average molecular weight is 428 g/mol. The van der Waals surface area contributed by atoms with E-state index in [4.69, 9.17) is 19.6 Å². The van der Waals surface area contributed by atoms with E-state index in [0.29, 0.717) is 11.3 Å². The highest BCUT2D eigenvalue weighted by atomic mass is 16.5. The zero-order valence-electron chi connectivity index (χ0n) is 16.9. The number of nitrogens with one attached hydrogen (secondary N) is 2. The van der Waals surface area contributed by atoms with Crippen molar-refractivity contribution in [1.29, 1.82) is 5.26 Å². The summed E-state index contributed by atoms with van der Waals surface area (Å²) in [5.74, 6) is -0.613. The fourth-order valence-corrected chi connectivity index (χ4v) is 4.36. The third-order valence-corrected chi connectivity index (χ3v) is 5.76. The molecule has 160 valence electrons. The Balaban J connectivity index is 1.53. The van der Waals surface area contributed by atoms with Crippen LogP contribution in [0, 0.1) is 17.2 Å². The topological polar surface area (TPSA) is 123 Å². The molecular weight excluding hydrogens is 408 g/mol. The zero-order chi connectivity index (χ0) is 22.1. The van der Waals surface area contributed by atoms with E-state index in [1.54, 1.807) is 24.3 Å². The maximum absolute atomic E-state index is 12.3. The number of carbonyl (C=O) groups is 1. The predicted molar refractivity (Wildman–Crippen MR) is 113 cm³/mol. The monoisotopic (exact) mass is 428 g/mol. The van der Waals surface area contributed by atoms with Crippen LogP contribution in [-0.4, -0.2) is 12.2 Å². The van der Waals surface area contributed by atoms with Gasteiger partial charge in [0.05, 0.1) is 17.9 Å². The number of benzene rings is 2. The van der Waals surface area contributed by atoms with E-state index in [0.717, 1.165) is 11.1 Å². The molecule has 4 N–H and O–H groups in total. The van der Waals surface area contributed by atoms with Gasteiger partial charge in [0.25, 0.3) is 0 Å². The number of hydrogen-bond donors (Lipinski definition) is 3. The molecule has 2 aliphatic rings. The van der Waals surface area contributed by atoms with Gasteiger partial charge >= 0.3 is 5.97 Å². The smallest absolute Gasteiger partial charge is 0.379 e. The molecule has 1 fully saturated rings. The number of fused-ring (bicyclic) bond motifs is 1. The van der Waals surface area contributed by atoms with Crippen molar-refractivity contribution >= 4 is 5.97 Å². The molecule has 0 spiro atoms. The molecule has 4 unspecified atom stereocenters. The van der Waals surface area contributed by atoms with Crippen molar-refractivity contribution in [2.45, 2.75) is 18.2 Å². The van der Waals surface area contributed by atoms with E-state index in [2.05, 4.69) is 16.9 Å². The summed E-state index contributed by atoms with van der Waals surface area (Å²) in [4.78, 5) is 12.3. The summed E-state index contributed by atoms with van der Waals surface area (Å²) in [5.41, 5.74) is 14.7. The Labute approximate surface area is 184 Å². The van der Waals surface area contributed by atoms with Crippen molar-refractivity contribution in [3.63, 3.8) is 0 Å². The Kier molecular flexibility index (Phi) is 5.11. The lowest BCUT2D eigenvalue weighted by atomic mass is 9.74. The molecule has 0 bridgehead atoms. The predicted octanol–water partition coefficient (Wildman–Crippen LogP) is 3.10. The van der Waals surface area contributed by atoms with Gasteiger partial charge in [0.15, 0.2) is 6.23 Å². The number of nitrogens with two attached hydrogens (primary N) is 1. The van der Waals surface area contributed by atoms with Crippen LogP contribution >= 0.6 is 0 Å². The number of nitrogens with zero attached hydrogens (tertiary/aromatic N) is 1. The molecule has 1 aromatic heterocycles. The Morgan fingerprint density at radius 2 is 1.84 bits per heavy atom. The third-order valence-electron chi connectivity index (χ3n) is 5.76. The van der Waals surface area contributed by atoms with E-state index in [1.807, 2.05) is 36.4 Å². The maximum Gasteiger partial charge on any atom is 0.379 e. The first-order chi connectivity index (χ1) is 15.7. The van der Waals surface area contributed by atoms with E-state index < -0.39 is 12.2 Å². The highest BCUT2D eigenvalue weighted by molar-refractivity contribution is 5.88. The van der Waals surface area contributed by atoms with Gasteiger partial charge in [-0.25, -0.2) is 15.6 Å². The highest BCUT2D eigenvalue weighted by Gasteiger charge is 2.49. The first-order valence-corrected chi connectivity index (χ1v) is 10.1. The van der Waals surface area contributed by atoms with E-state index in [-0.39, 0.29) is 29.5 Å². The van der Waals surface area contributed by atoms with Crippen LogP contribution in [0.3, 0.4) is 0 Å². The molecule has 2 aliphatic heterocycles. The lowest BCUT2D eigenvalue weighted by Crippen LogP contribution is -2.41. The SMILES string of the molecule is N#CC1=C(N)OC2NNC(c3ccccc3)C2C1c1cccc(OC(=O)c2ccco2)c1. The van der Waals surface area contributed by atoms with Gasteiger partial charge in [0.2, 0.25) is 11.6 Å². The fourth-order valence-electron chi connectivity index (χ4n) is 4.36. The van der Waals surface area contributed by atoms with Crippen LogP contribution in [0.5, 0.6) is 5.75 Å². The molecule has 0 aliphatic carbocycles. The standard InChI is InChI=1S/C24H20N4O4/c25-13-17-19(15-8-4-9-16(12-15)31-24(29)18-10-5-11-30-18)20-21(14-6-2-1-3-7-14)27-28-23(20)32-22(17)26/h1-12,19-21,23,27-28H,26H2. The Morgan fingerprint density at radius 3 is 2.59 bits per heavy atom. The molecular formula is C24H20N4O4. The van der Waals surface area contributed by atoms with E-state index in [1.165, 1.54) is 12.3 Å². The summed E-state index contributed by atoms with van der Waals surface area (Å²) in [6.45, 7) is 0. The van der Waals surface area contributed by atoms with Gasteiger partial charge in [-0.15, -0.1) is 0 Å². The van der Waals surface area contributed by atoms with Crippen molar-refractivity contribution in [2.75, 3.05) is 0 Å². The average Bonchev–Trinajstić information content (AvgIpc) is 3.49. The molecule has 0 amide bonds. The van der Waals surface area contributed by atoms with E-state index >= 15 is 0 Å². The largest absolute Gasteiger partial charge is 0.458 e. The quantitative estimate of drug-likeness (QED) is 0.428. The zero-order valence-corrected chi connectivity index (χ0v) is 16.9. The summed E-state index contributed by atoms with van der Waals surface area (Å²) in [6.07, 6.45) is 0.975. The summed E-state index contributed by atoms with van der Waals surface area (Å²) < 4.78 is 16.4. The van der Waals surface area contributed by atoms with Gasteiger partial charge in [-0.05, 0) is 35.4 Å². The third kappa shape index (κ3) is 3.50. The number of hydrazine groups is 1. The summed E-state index contributed by atoms with van der Waals surface area (Å²) >= 11 is 0. The molecule has 8 heteroatoms. The number of furan rings is 1. The molecule has 2 aromatic carbocycles. The number of rotatable bonds is 4. The van der Waals surface area contributed by atoms with Crippen LogP contribution in [-0.2, 0) is 4.74 Å². The Morgan fingerprint density at radius 1 is 1.03 bits per heavy atom. The van der Waals surface area contributed by atoms with Gasteiger partial charge in [-0.3, -0.25) is 0 Å². The molecule has 0 saturated carbocycles. The number of hydrogen-bond acceptors (Lipinski definition) is 8. The van der Waals surface area contributed by atoms with Crippen LogP contribution in [0.4, 0.5) is 0 Å². The van der Waals surface area contributed by atoms with Crippen molar-refractivity contribution in [2.24, 2.45) is 11.7 Å². The van der Waals surface area contributed by atoms with Crippen LogP contribution in [0.1, 0.15) is 33.6 Å². The van der Waals surface area contributed by atoms with E-state index in [9.17, 15) is 10.1 Å². The lowest BCUT2D eigenvalue weighted by Gasteiger charge is -2.36. The molecule has 3 heterocycles. The summed E-state index contributed by atoms with van der Waals surface area (Å²) in [7, 11) is 0. The fraction of sp³-hybridized carbons (Fsp3) is 0.167. The first kappa shape index (κ1) is 19.9. The highest BCUT2D eigenvalue weighted by Crippen LogP contribution is 2.47. The van der Waals surface area contributed by atoms with Crippen molar-refractivity contribution in [1.82, 2.24) is 10.9 Å². The molecule has 1 saturated heterocycles. The van der Waals surface area contributed by atoms with Gasteiger partial charge in [-0.2, -0.15) is 5.26 Å². The Hall–Kier alpha value is -4.06. The second-order valence-corrected chi connectivity index (χ2v) is 7.60. The number of esters is 1. The molecule has 3 aromatic rings. The lowest BCUT2D eigenvalue weighted by molar-refractivity contribution is 0.0340. The van der Waals surface area contributed by atoms with Crippen LogP contribution < -0.4 is 21.3 Å². The number of allylic oxidation sites excluding steroid dienone is 1. The molecule has 5 rings (SSSR count). The van der Waals surface area contributed by atoms with Crippen LogP contribution in [0.2, 0.25) is 0 Å². The Bertz CT molecular complexity index is 1200. The van der Waals surface area contributed by atoms with Gasteiger partial charge in [0.1, 0.15) is 11.8 Å². The second kappa shape index (κ2) is 8.23. The van der Waals surface area contributed by atoms with Crippen LogP contribution in [0.15, 0.2) is 88.9 Å². The van der Waals surface area contributed by atoms with Gasteiger partial charge in [-0.1, -0.05) is 42.5 Å². The molecule has 0 radical (unpaired) electrons. The van der Waals surface area contributed by atoms with Gasteiger partial charge in [0, 0.05) is 11.8 Å². The molecule has 32 heavy (non-hydrogen) atoms. The first-order valence-electron chi connectivity index (χ1n) is 10.1. The van der Waals surface area contributed by atoms with Crippen molar-refractivity contribution < 1.29 is 18.7 Å². The minimum atomic E-state index is -0.598. The van der Waals surface area contributed by atoms with Gasteiger partial charge < -0.3 is 19.6 Å². The second-order valence-electron chi connectivity index (χ2n) is 7.60. The molecule has 4 atom stereocenters. The number of ether oxygens (including phenoxy) is 2. The number of carbonyl (C=O) groups excluding carboxylic acids is 1. The minimum Gasteiger partial charge on any atom is -0.458 e. The van der Waals surface area contributed by atoms with Crippen LogP contribution in [0.25, 0.3) is 0 Å². The molecule has 8 nitrogen and oxygen atoms in total. The normalized spacial score (nSPS) is 24.3. The summed E-state index contributed by atoms with van der Waals surface area (Å²) in [6, 6.07) is 22.3. The maximum atomic E-state index is 12.3. The number of nitriles is 1. The minimum absolute atomic E-state index is 0.0831.